The number of nitriles is 1. The van der Waals surface area contributed by atoms with Crippen LogP contribution in [0.2, 0.25) is 0 Å². The molecular weight excluding hydrogens is 483 g/mol. The predicted molar refractivity (Wildman–Crippen MR) is 141 cm³/mol. The Bertz CT molecular complexity index is 1270. The summed E-state index contributed by atoms with van der Waals surface area (Å²) in [6, 6.07) is 8.83. The zero-order valence-corrected chi connectivity index (χ0v) is 21.9. The smallest absolute Gasteiger partial charge is 0.251 e. The number of hydrogen-bond acceptors (Lipinski definition) is 6. The van der Waals surface area contributed by atoms with E-state index >= 15 is 4.39 Å². The van der Waals surface area contributed by atoms with E-state index in [1.807, 2.05) is 0 Å². The number of benzene rings is 2. The molecule has 2 aromatic carbocycles. The number of piperidine rings is 1. The van der Waals surface area contributed by atoms with Crippen molar-refractivity contribution >= 4 is 5.91 Å². The molecule has 0 aromatic heterocycles. The van der Waals surface area contributed by atoms with Crippen molar-refractivity contribution in [2.75, 3.05) is 39.8 Å². The van der Waals surface area contributed by atoms with Crippen LogP contribution < -0.4 is 15.4 Å². The molecule has 1 aliphatic carbocycles. The van der Waals surface area contributed by atoms with E-state index in [2.05, 4.69) is 40.8 Å². The standard InChI is InChI=1S/C30H35FN4O3/c1-35-10-7-30(8-11-35)6-5-19-3-4-22-23-15-25(31)20(14-26(23)38-18-24(22)28(19)30)13-21(16-32)34-29(36)27-17-33-9-2-12-37-27/h3-4,14-15,21,27,33H,2,5-13,17-18H2,1H3,(H,34,36)/t21?,27-/m0/s1. The summed E-state index contributed by atoms with van der Waals surface area (Å²) in [6.45, 7) is 4.33. The molecule has 3 aliphatic heterocycles. The Balaban J connectivity index is 1.25. The van der Waals surface area contributed by atoms with Crippen molar-refractivity contribution in [3.63, 3.8) is 0 Å². The molecule has 7 nitrogen and oxygen atoms in total. The van der Waals surface area contributed by atoms with Crippen molar-refractivity contribution < 1.29 is 18.7 Å². The second kappa shape index (κ2) is 10.3. The molecule has 8 heteroatoms. The first-order chi connectivity index (χ1) is 18.5. The molecule has 1 spiro atoms. The van der Waals surface area contributed by atoms with Gasteiger partial charge in [0.1, 0.15) is 30.3 Å². The summed E-state index contributed by atoms with van der Waals surface area (Å²) < 4.78 is 27.3. The van der Waals surface area contributed by atoms with E-state index < -0.39 is 18.0 Å². The van der Waals surface area contributed by atoms with Crippen LogP contribution in [-0.4, -0.2) is 62.8 Å². The summed E-state index contributed by atoms with van der Waals surface area (Å²) in [6.07, 6.45) is 4.80. The second-order valence-electron chi connectivity index (χ2n) is 11.2. The van der Waals surface area contributed by atoms with Crippen molar-refractivity contribution in [3.05, 3.63) is 52.3 Å². The minimum atomic E-state index is -0.870. The molecule has 1 amide bonds. The highest BCUT2D eigenvalue weighted by atomic mass is 19.1. The number of likely N-dealkylation sites (tertiary alicyclic amines) is 1. The highest BCUT2D eigenvalue weighted by Gasteiger charge is 2.43. The van der Waals surface area contributed by atoms with Crippen molar-refractivity contribution in [3.8, 4) is 22.9 Å². The average Bonchev–Trinajstić information content (AvgIpc) is 3.08. The maximum absolute atomic E-state index is 15.5. The van der Waals surface area contributed by atoms with Gasteiger partial charge in [0.05, 0.1) is 6.07 Å². The molecule has 2 aromatic rings. The number of nitrogens with one attached hydrogen (secondary N) is 2. The number of rotatable bonds is 4. The number of hydrogen-bond donors (Lipinski definition) is 2. The van der Waals surface area contributed by atoms with Gasteiger partial charge in [0, 0.05) is 30.7 Å². The Hall–Kier alpha value is -2.99. The van der Waals surface area contributed by atoms with E-state index in [1.54, 1.807) is 12.1 Å². The van der Waals surface area contributed by atoms with E-state index in [0.717, 1.165) is 56.4 Å². The first-order valence-electron chi connectivity index (χ1n) is 13.8. The number of ether oxygens (including phenoxy) is 2. The van der Waals surface area contributed by atoms with Crippen molar-refractivity contribution in [2.45, 2.75) is 62.7 Å². The zero-order valence-electron chi connectivity index (χ0n) is 21.9. The lowest BCUT2D eigenvalue weighted by atomic mass is 9.71. The molecular formula is C30H35FN4O3. The number of fused-ring (bicyclic) bond motifs is 6. The van der Waals surface area contributed by atoms with Crippen LogP contribution in [0.4, 0.5) is 4.39 Å². The van der Waals surface area contributed by atoms with Gasteiger partial charge in [-0.3, -0.25) is 4.79 Å². The molecule has 2 fully saturated rings. The molecule has 6 rings (SSSR count). The van der Waals surface area contributed by atoms with E-state index in [4.69, 9.17) is 9.47 Å². The lowest BCUT2D eigenvalue weighted by Gasteiger charge is -2.40. The van der Waals surface area contributed by atoms with Crippen molar-refractivity contribution in [1.82, 2.24) is 15.5 Å². The fourth-order valence-corrected chi connectivity index (χ4v) is 6.74. The Kier molecular flexibility index (Phi) is 6.85. The van der Waals surface area contributed by atoms with Gasteiger partial charge in [-0.2, -0.15) is 5.26 Å². The lowest BCUT2D eigenvalue weighted by Crippen LogP contribution is -2.46. The Labute approximate surface area is 223 Å². The van der Waals surface area contributed by atoms with E-state index in [0.29, 0.717) is 31.1 Å². The molecule has 0 saturated carbocycles. The van der Waals surface area contributed by atoms with Gasteiger partial charge in [-0.15, -0.1) is 0 Å². The number of carbonyl (C=O) groups excluding carboxylic acids is 1. The SMILES string of the molecule is CN1CCC2(CCc3ccc4c(c32)COc2cc(CC(C#N)NC(=O)[C@@H]3CNCCCO3)c(F)cc2-4)CC1. The van der Waals surface area contributed by atoms with Gasteiger partial charge < -0.3 is 25.0 Å². The summed E-state index contributed by atoms with van der Waals surface area (Å²) in [5, 5.41) is 15.6. The van der Waals surface area contributed by atoms with Crippen LogP contribution in [-0.2, 0) is 34.4 Å². The topological polar surface area (TPSA) is 86.6 Å². The largest absolute Gasteiger partial charge is 0.488 e. The van der Waals surface area contributed by atoms with Gasteiger partial charge in [0.2, 0.25) is 0 Å². The molecule has 200 valence electrons. The normalized spacial score (nSPS) is 22.8. The monoisotopic (exact) mass is 518 g/mol. The van der Waals surface area contributed by atoms with Gasteiger partial charge in [0.15, 0.2) is 0 Å². The fourth-order valence-electron chi connectivity index (χ4n) is 6.74. The number of nitrogens with zero attached hydrogens (tertiary/aromatic N) is 2. The number of amides is 1. The van der Waals surface area contributed by atoms with Gasteiger partial charge in [-0.05, 0) is 98.6 Å². The van der Waals surface area contributed by atoms with Crippen LogP contribution in [0.15, 0.2) is 24.3 Å². The fraction of sp³-hybridized carbons (Fsp3) is 0.533. The summed E-state index contributed by atoms with van der Waals surface area (Å²) in [4.78, 5) is 15.1. The third-order valence-electron chi connectivity index (χ3n) is 8.89. The number of halogens is 1. The average molecular weight is 519 g/mol. The van der Waals surface area contributed by atoms with E-state index in [-0.39, 0.29) is 17.7 Å². The minimum absolute atomic E-state index is 0.0541. The molecule has 2 N–H and O–H groups in total. The minimum Gasteiger partial charge on any atom is -0.488 e. The van der Waals surface area contributed by atoms with E-state index in [1.165, 1.54) is 23.1 Å². The van der Waals surface area contributed by atoms with Gasteiger partial charge in [0.25, 0.3) is 5.91 Å². The first-order valence-corrected chi connectivity index (χ1v) is 13.8. The second-order valence-corrected chi connectivity index (χ2v) is 11.2. The molecule has 1 unspecified atom stereocenters. The molecule has 0 bridgehead atoms. The predicted octanol–water partition coefficient (Wildman–Crippen LogP) is 3.22. The molecule has 4 aliphatic rings. The maximum atomic E-state index is 15.5. The highest BCUT2D eigenvalue weighted by Crippen LogP contribution is 2.51. The van der Waals surface area contributed by atoms with Crippen molar-refractivity contribution in [2.24, 2.45) is 0 Å². The first kappa shape index (κ1) is 25.3. The molecule has 38 heavy (non-hydrogen) atoms. The summed E-state index contributed by atoms with van der Waals surface area (Å²) >= 11 is 0. The van der Waals surface area contributed by atoms with Crippen LogP contribution in [0.25, 0.3) is 11.1 Å². The zero-order chi connectivity index (χ0) is 26.3. The molecule has 0 radical (unpaired) electrons. The Morgan fingerprint density at radius 3 is 2.95 bits per heavy atom. The van der Waals surface area contributed by atoms with Crippen LogP contribution in [0, 0.1) is 17.1 Å². The van der Waals surface area contributed by atoms with Crippen LogP contribution in [0.5, 0.6) is 5.75 Å². The van der Waals surface area contributed by atoms with Crippen LogP contribution >= 0.6 is 0 Å². The molecule has 2 saturated heterocycles. The van der Waals surface area contributed by atoms with Gasteiger partial charge >= 0.3 is 0 Å². The van der Waals surface area contributed by atoms with Crippen molar-refractivity contribution in [1.29, 1.82) is 5.26 Å². The number of carbonyl (C=O) groups is 1. The summed E-state index contributed by atoms with van der Waals surface area (Å²) in [5.74, 6) is -0.119. The highest BCUT2D eigenvalue weighted by molar-refractivity contribution is 5.82. The van der Waals surface area contributed by atoms with Gasteiger partial charge in [-0.25, -0.2) is 4.39 Å². The van der Waals surface area contributed by atoms with Gasteiger partial charge in [-0.1, -0.05) is 12.1 Å². The Morgan fingerprint density at radius 2 is 2.13 bits per heavy atom. The number of aryl methyl sites for hydroxylation is 1. The van der Waals surface area contributed by atoms with Crippen LogP contribution in [0.1, 0.15) is 47.9 Å². The molecule has 3 heterocycles. The lowest BCUT2D eigenvalue weighted by molar-refractivity contribution is -0.132. The third kappa shape index (κ3) is 4.57. The summed E-state index contributed by atoms with van der Waals surface area (Å²) in [7, 11) is 2.19. The Morgan fingerprint density at radius 1 is 1.29 bits per heavy atom. The third-order valence-corrected chi connectivity index (χ3v) is 8.89. The quantitative estimate of drug-likeness (QED) is 0.647. The summed E-state index contributed by atoms with van der Waals surface area (Å²) in [5.41, 5.74) is 6.44. The van der Waals surface area contributed by atoms with E-state index in [9.17, 15) is 10.1 Å². The molecule has 2 atom stereocenters. The maximum Gasteiger partial charge on any atom is 0.251 e. The van der Waals surface area contributed by atoms with Crippen LogP contribution in [0.3, 0.4) is 0 Å².